The van der Waals surface area contributed by atoms with Crippen LogP contribution >= 0.6 is 11.6 Å². The summed E-state index contributed by atoms with van der Waals surface area (Å²) >= 11 is 5.55. The number of halogens is 4. The quantitative estimate of drug-likeness (QED) is 0.860. The maximum Gasteiger partial charge on any atom is 0.416 e. The van der Waals surface area contributed by atoms with Crippen molar-refractivity contribution in [2.24, 2.45) is 5.92 Å². The van der Waals surface area contributed by atoms with Crippen LogP contribution in [0.2, 0.25) is 0 Å². The highest BCUT2D eigenvalue weighted by Crippen LogP contribution is 2.31. The molecular formula is C12H12ClF3O2. The van der Waals surface area contributed by atoms with Gasteiger partial charge < -0.3 is 5.11 Å². The Morgan fingerprint density at radius 2 is 1.83 bits per heavy atom. The summed E-state index contributed by atoms with van der Waals surface area (Å²) < 4.78 is 37.0. The Morgan fingerprint density at radius 3 is 2.17 bits per heavy atom. The lowest BCUT2D eigenvalue weighted by Crippen LogP contribution is -2.21. The van der Waals surface area contributed by atoms with Crippen molar-refractivity contribution in [1.29, 1.82) is 0 Å². The Balaban J connectivity index is 2.94. The van der Waals surface area contributed by atoms with Crippen molar-refractivity contribution in [2.75, 3.05) is 5.88 Å². The van der Waals surface area contributed by atoms with E-state index < -0.39 is 23.8 Å². The van der Waals surface area contributed by atoms with Crippen LogP contribution in [0.25, 0.3) is 0 Å². The molecule has 0 aliphatic heterocycles. The third kappa shape index (κ3) is 3.46. The Labute approximate surface area is 107 Å². The van der Waals surface area contributed by atoms with Gasteiger partial charge in [-0.1, -0.05) is 12.1 Å². The van der Waals surface area contributed by atoms with Gasteiger partial charge in [-0.3, -0.25) is 4.79 Å². The van der Waals surface area contributed by atoms with E-state index in [1.807, 2.05) is 0 Å². The van der Waals surface area contributed by atoms with Gasteiger partial charge in [0.25, 0.3) is 0 Å². The maximum absolute atomic E-state index is 12.3. The van der Waals surface area contributed by atoms with Crippen molar-refractivity contribution in [3.63, 3.8) is 0 Å². The summed E-state index contributed by atoms with van der Waals surface area (Å²) in [6.07, 6.45) is -5.61. The molecule has 1 rings (SSSR count). The highest BCUT2D eigenvalue weighted by molar-refractivity contribution is 6.19. The van der Waals surface area contributed by atoms with Crippen molar-refractivity contribution < 1.29 is 23.1 Å². The normalized spacial score (nSPS) is 15.2. The van der Waals surface area contributed by atoms with Crippen LogP contribution in [0.5, 0.6) is 0 Å². The largest absolute Gasteiger partial charge is 0.416 e. The number of Topliss-reactive ketones (excluding diaryl/α,β-unsaturated/α-hetero) is 1. The molecule has 6 heteroatoms. The van der Waals surface area contributed by atoms with Crippen LogP contribution in [0.3, 0.4) is 0 Å². The number of aliphatic hydroxyl groups excluding tert-OH is 1. The second kappa shape index (κ2) is 5.71. The van der Waals surface area contributed by atoms with Crippen LogP contribution in [-0.2, 0) is 11.0 Å². The molecule has 2 atom stereocenters. The van der Waals surface area contributed by atoms with Crippen LogP contribution in [0.15, 0.2) is 24.3 Å². The first kappa shape index (κ1) is 15.0. The fourth-order valence-corrected chi connectivity index (χ4v) is 1.90. The van der Waals surface area contributed by atoms with Crippen molar-refractivity contribution in [2.45, 2.75) is 19.2 Å². The Bertz CT molecular complexity index is 414. The Kier molecular flexibility index (Phi) is 4.76. The molecule has 0 unspecified atom stereocenters. The van der Waals surface area contributed by atoms with Gasteiger partial charge in [0.2, 0.25) is 0 Å². The molecule has 0 saturated heterocycles. The number of carbonyl (C=O) groups excluding carboxylic acids is 1. The van der Waals surface area contributed by atoms with E-state index in [2.05, 4.69) is 0 Å². The van der Waals surface area contributed by atoms with Crippen LogP contribution < -0.4 is 0 Å². The molecule has 100 valence electrons. The van der Waals surface area contributed by atoms with Crippen LogP contribution in [0.4, 0.5) is 13.2 Å². The van der Waals surface area contributed by atoms with Gasteiger partial charge in [0.05, 0.1) is 17.6 Å². The summed E-state index contributed by atoms with van der Waals surface area (Å²) in [5.41, 5.74) is -0.562. The fraction of sp³-hybridized carbons (Fsp3) is 0.417. The molecule has 0 aliphatic rings. The van der Waals surface area contributed by atoms with E-state index in [1.54, 1.807) is 0 Å². The summed E-state index contributed by atoms with van der Waals surface area (Å²) in [7, 11) is 0. The molecule has 1 aromatic rings. The maximum atomic E-state index is 12.3. The summed E-state index contributed by atoms with van der Waals surface area (Å²) in [6.45, 7) is 1.28. The first-order valence-electron chi connectivity index (χ1n) is 5.19. The van der Waals surface area contributed by atoms with Gasteiger partial charge in [0.15, 0.2) is 0 Å². The van der Waals surface area contributed by atoms with Gasteiger partial charge in [0.1, 0.15) is 5.78 Å². The Hall–Kier alpha value is -1.07. The highest BCUT2D eigenvalue weighted by atomic mass is 35.5. The SMILES string of the molecule is CC(=O)[C@H](CCl)[C@@H](O)c1ccc(C(F)(F)F)cc1. The zero-order valence-corrected chi connectivity index (χ0v) is 10.3. The average molecular weight is 281 g/mol. The molecule has 0 bridgehead atoms. The lowest BCUT2D eigenvalue weighted by Gasteiger charge is -2.19. The van der Waals surface area contributed by atoms with Crippen molar-refractivity contribution in [1.82, 2.24) is 0 Å². The van der Waals surface area contributed by atoms with Gasteiger partial charge >= 0.3 is 6.18 Å². The molecule has 0 aromatic heterocycles. The number of rotatable bonds is 4. The number of alkyl halides is 4. The number of ketones is 1. The average Bonchev–Trinajstić information content (AvgIpc) is 2.28. The van der Waals surface area contributed by atoms with E-state index in [1.165, 1.54) is 6.92 Å². The minimum absolute atomic E-state index is 0.0858. The van der Waals surface area contributed by atoms with E-state index in [0.717, 1.165) is 24.3 Å². The summed E-state index contributed by atoms with van der Waals surface area (Å²) in [5.74, 6) is -1.21. The molecule has 0 heterocycles. The van der Waals surface area contributed by atoms with Crippen molar-refractivity contribution in [3.8, 4) is 0 Å². The summed E-state index contributed by atoms with van der Waals surface area (Å²) in [6, 6.07) is 4.03. The first-order valence-corrected chi connectivity index (χ1v) is 5.72. The van der Waals surface area contributed by atoms with Gasteiger partial charge in [-0.2, -0.15) is 13.2 Å². The molecule has 2 nitrogen and oxygen atoms in total. The van der Waals surface area contributed by atoms with Crippen LogP contribution in [0, 0.1) is 5.92 Å². The van der Waals surface area contributed by atoms with Crippen molar-refractivity contribution >= 4 is 17.4 Å². The van der Waals surface area contributed by atoms with E-state index in [4.69, 9.17) is 11.6 Å². The number of aliphatic hydroxyl groups is 1. The van der Waals surface area contributed by atoms with E-state index in [9.17, 15) is 23.1 Å². The molecule has 0 spiro atoms. The second-order valence-corrected chi connectivity index (χ2v) is 4.24. The smallest absolute Gasteiger partial charge is 0.388 e. The van der Waals surface area contributed by atoms with Crippen LogP contribution in [0.1, 0.15) is 24.2 Å². The lowest BCUT2D eigenvalue weighted by molar-refractivity contribution is -0.137. The standard InChI is InChI=1S/C12H12ClF3O2/c1-7(17)10(6-13)11(18)8-2-4-9(5-3-8)12(14,15)16/h2-5,10-11,18H,6H2,1H3/t10-,11-/m0/s1. The minimum Gasteiger partial charge on any atom is -0.388 e. The van der Waals surface area contributed by atoms with Gasteiger partial charge in [-0.15, -0.1) is 11.6 Å². The molecule has 0 radical (unpaired) electrons. The van der Waals surface area contributed by atoms with Gasteiger partial charge in [-0.05, 0) is 24.6 Å². The van der Waals surface area contributed by atoms with Crippen LogP contribution in [-0.4, -0.2) is 16.8 Å². The Morgan fingerprint density at radius 1 is 1.33 bits per heavy atom. The highest BCUT2D eigenvalue weighted by Gasteiger charge is 2.31. The number of carbonyl (C=O) groups is 1. The van der Waals surface area contributed by atoms with Crippen molar-refractivity contribution in [3.05, 3.63) is 35.4 Å². The van der Waals surface area contributed by atoms with E-state index in [-0.39, 0.29) is 17.2 Å². The first-order chi connectivity index (χ1) is 8.27. The van der Waals surface area contributed by atoms with Gasteiger partial charge in [-0.25, -0.2) is 0 Å². The number of benzene rings is 1. The number of hydrogen-bond acceptors (Lipinski definition) is 2. The minimum atomic E-state index is -4.42. The lowest BCUT2D eigenvalue weighted by atomic mass is 9.93. The second-order valence-electron chi connectivity index (χ2n) is 3.94. The third-order valence-corrected chi connectivity index (χ3v) is 2.98. The molecule has 1 N–H and O–H groups in total. The monoisotopic (exact) mass is 280 g/mol. The predicted molar refractivity (Wildman–Crippen MR) is 61.3 cm³/mol. The third-order valence-electron chi connectivity index (χ3n) is 2.65. The molecule has 0 saturated carbocycles. The zero-order valence-electron chi connectivity index (χ0n) is 9.54. The molecular weight excluding hydrogens is 269 g/mol. The van der Waals surface area contributed by atoms with Gasteiger partial charge in [0, 0.05) is 5.88 Å². The molecule has 0 aliphatic carbocycles. The molecule has 18 heavy (non-hydrogen) atoms. The fourth-order valence-electron chi connectivity index (χ4n) is 1.52. The topological polar surface area (TPSA) is 37.3 Å². The van der Waals surface area contributed by atoms with E-state index >= 15 is 0 Å². The van der Waals surface area contributed by atoms with E-state index in [0.29, 0.717) is 0 Å². The summed E-state index contributed by atoms with van der Waals surface area (Å²) in [5, 5.41) is 9.86. The number of hydrogen-bond donors (Lipinski definition) is 1. The zero-order chi connectivity index (χ0) is 13.9. The summed E-state index contributed by atoms with van der Waals surface area (Å²) in [4.78, 5) is 11.2. The molecule has 1 aromatic carbocycles. The molecule has 0 amide bonds. The molecule has 0 fully saturated rings. The predicted octanol–water partition coefficient (Wildman–Crippen LogP) is 3.18.